The summed E-state index contributed by atoms with van der Waals surface area (Å²) in [6, 6.07) is 6.29. The smallest absolute Gasteiger partial charge is 0.137 e. The number of aromatic nitrogens is 3. The van der Waals surface area contributed by atoms with E-state index in [1.807, 2.05) is 0 Å². The minimum atomic E-state index is -0.282. The lowest BCUT2D eigenvalue weighted by Crippen LogP contribution is -2.01. The second kappa shape index (κ2) is 4.74. The van der Waals surface area contributed by atoms with E-state index < -0.39 is 0 Å². The Balaban J connectivity index is 2.24. The molecule has 0 atom stereocenters. The quantitative estimate of drug-likeness (QED) is 0.725. The lowest BCUT2D eigenvalue weighted by atomic mass is 9.98. The van der Waals surface area contributed by atoms with Crippen LogP contribution < -0.4 is 0 Å². The average Bonchev–Trinajstić information content (AvgIpc) is 2.78. The van der Waals surface area contributed by atoms with Gasteiger partial charge < -0.3 is 0 Å². The van der Waals surface area contributed by atoms with Crippen molar-refractivity contribution in [2.45, 2.75) is 6.54 Å². The molecule has 0 unspecified atom stereocenters. The van der Waals surface area contributed by atoms with Crippen molar-refractivity contribution in [1.29, 1.82) is 0 Å². The molecule has 1 heterocycles. The van der Waals surface area contributed by atoms with Crippen molar-refractivity contribution in [3.8, 4) is 0 Å². The summed E-state index contributed by atoms with van der Waals surface area (Å²) in [5.74, 6) is 1.17. The van der Waals surface area contributed by atoms with Gasteiger partial charge in [0, 0.05) is 0 Å². The zero-order valence-electron chi connectivity index (χ0n) is 8.55. The minimum Gasteiger partial charge on any atom is -0.249 e. The third-order valence-corrected chi connectivity index (χ3v) is 2.20. The van der Waals surface area contributed by atoms with E-state index in [1.165, 1.54) is 24.4 Å². The Morgan fingerprint density at radius 3 is 3.00 bits per heavy atom. The van der Waals surface area contributed by atoms with Crippen molar-refractivity contribution in [3.63, 3.8) is 0 Å². The maximum Gasteiger partial charge on any atom is 0.137 e. The van der Waals surface area contributed by atoms with Gasteiger partial charge in [0.05, 0.1) is 6.54 Å². The molecule has 0 bridgehead atoms. The molecule has 0 N–H and O–H groups in total. The van der Waals surface area contributed by atoms with E-state index in [0.717, 1.165) is 11.1 Å². The van der Waals surface area contributed by atoms with Crippen LogP contribution in [0, 0.1) is 5.82 Å². The Morgan fingerprint density at radius 1 is 1.50 bits per heavy atom. The van der Waals surface area contributed by atoms with Gasteiger partial charge in [0.15, 0.2) is 0 Å². The largest absolute Gasteiger partial charge is 0.249 e. The van der Waals surface area contributed by atoms with Crippen LogP contribution in [0.15, 0.2) is 42.9 Å². The summed E-state index contributed by atoms with van der Waals surface area (Å²) >= 11 is 0. The first-order valence-corrected chi connectivity index (χ1v) is 4.78. The molecule has 1 aromatic heterocycles. The fraction of sp³-hybridized carbons (Fsp3) is 0.0909. The zero-order chi connectivity index (χ0) is 11.4. The van der Waals surface area contributed by atoms with Gasteiger partial charge in [-0.05, 0) is 23.3 Å². The maximum absolute atomic E-state index is 13.0. The molecular weight excluding hydrogens is 204 g/mol. The Morgan fingerprint density at radius 2 is 2.38 bits per heavy atom. The SMILES string of the molecule is [B]/C=C(\Cn1cncn1)c1cccc(F)c1. The van der Waals surface area contributed by atoms with Gasteiger partial charge in [-0.25, -0.2) is 14.1 Å². The average molecular weight is 213 g/mol. The van der Waals surface area contributed by atoms with E-state index in [1.54, 1.807) is 23.1 Å². The fourth-order valence-corrected chi connectivity index (χ4v) is 1.42. The first-order valence-electron chi connectivity index (χ1n) is 4.78. The topological polar surface area (TPSA) is 30.7 Å². The van der Waals surface area contributed by atoms with Crippen LogP contribution in [0.1, 0.15) is 5.56 Å². The molecule has 2 rings (SSSR count). The summed E-state index contributed by atoms with van der Waals surface area (Å²) in [5.41, 5.74) is 1.54. The van der Waals surface area contributed by atoms with E-state index >= 15 is 0 Å². The van der Waals surface area contributed by atoms with E-state index in [9.17, 15) is 4.39 Å². The predicted octanol–water partition coefficient (Wildman–Crippen LogP) is 1.63. The van der Waals surface area contributed by atoms with Crippen molar-refractivity contribution < 1.29 is 4.39 Å². The highest BCUT2D eigenvalue weighted by molar-refractivity contribution is 6.20. The van der Waals surface area contributed by atoms with Crippen LogP contribution >= 0.6 is 0 Å². The third kappa shape index (κ3) is 2.36. The standard InChI is InChI=1S/C11H9BFN3/c12-5-10(6-16-8-14-7-15-16)9-2-1-3-11(13)4-9/h1-5,7-8H,6H2/b10-5+. The van der Waals surface area contributed by atoms with Crippen molar-refractivity contribution in [2.24, 2.45) is 0 Å². The van der Waals surface area contributed by atoms with E-state index in [4.69, 9.17) is 7.85 Å². The van der Waals surface area contributed by atoms with Gasteiger partial charge in [0.2, 0.25) is 0 Å². The zero-order valence-corrected chi connectivity index (χ0v) is 8.55. The molecule has 0 spiro atoms. The second-order valence-electron chi connectivity index (χ2n) is 3.30. The molecule has 0 saturated carbocycles. The number of benzene rings is 1. The highest BCUT2D eigenvalue weighted by atomic mass is 19.1. The van der Waals surface area contributed by atoms with Gasteiger partial charge >= 0.3 is 0 Å². The molecule has 0 aliphatic carbocycles. The van der Waals surface area contributed by atoms with Crippen LogP contribution in [0.2, 0.25) is 0 Å². The van der Waals surface area contributed by atoms with Gasteiger partial charge in [-0.3, -0.25) is 0 Å². The third-order valence-electron chi connectivity index (χ3n) is 2.20. The Bertz CT molecular complexity index is 494. The van der Waals surface area contributed by atoms with Crippen molar-refractivity contribution in [2.75, 3.05) is 0 Å². The summed E-state index contributed by atoms with van der Waals surface area (Å²) in [7, 11) is 5.53. The van der Waals surface area contributed by atoms with Gasteiger partial charge in [-0.15, -0.1) is 5.98 Å². The molecule has 2 radical (unpaired) electrons. The normalized spacial score (nSPS) is 11.7. The number of allylic oxidation sites excluding steroid dienone is 1. The van der Waals surface area contributed by atoms with E-state index in [0.29, 0.717) is 6.54 Å². The lowest BCUT2D eigenvalue weighted by molar-refractivity contribution is 0.627. The molecule has 2 aromatic rings. The first kappa shape index (κ1) is 10.6. The van der Waals surface area contributed by atoms with Crippen molar-refractivity contribution in [3.05, 3.63) is 54.3 Å². The van der Waals surface area contributed by atoms with Crippen LogP contribution in [-0.2, 0) is 6.54 Å². The van der Waals surface area contributed by atoms with Gasteiger partial charge in [0.1, 0.15) is 26.3 Å². The molecule has 16 heavy (non-hydrogen) atoms. The molecule has 0 aliphatic heterocycles. The molecule has 0 fully saturated rings. The van der Waals surface area contributed by atoms with Gasteiger partial charge in [0.25, 0.3) is 0 Å². The van der Waals surface area contributed by atoms with Crippen LogP contribution in [0.5, 0.6) is 0 Å². The molecule has 3 nitrogen and oxygen atoms in total. The monoisotopic (exact) mass is 213 g/mol. The molecule has 0 amide bonds. The van der Waals surface area contributed by atoms with E-state index in [2.05, 4.69) is 10.1 Å². The first-order chi connectivity index (χ1) is 7.79. The van der Waals surface area contributed by atoms with Crippen LogP contribution in [0.4, 0.5) is 4.39 Å². The van der Waals surface area contributed by atoms with Crippen molar-refractivity contribution >= 4 is 13.4 Å². The highest BCUT2D eigenvalue weighted by Gasteiger charge is 2.03. The summed E-state index contributed by atoms with van der Waals surface area (Å²) < 4.78 is 14.7. The van der Waals surface area contributed by atoms with E-state index in [-0.39, 0.29) is 5.82 Å². The molecule has 1 aromatic carbocycles. The second-order valence-corrected chi connectivity index (χ2v) is 3.30. The Hall–Kier alpha value is -1.91. The summed E-state index contributed by atoms with van der Waals surface area (Å²) in [4.78, 5) is 3.83. The molecule has 0 saturated heterocycles. The number of halogens is 1. The number of nitrogens with zero attached hydrogens (tertiary/aromatic N) is 3. The summed E-state index contributed by atoms with van der Waals surface area (Å²) in [6.45, 7) is 0.472. The van der Waals surface area contributed by atoms with Crippen LogP contribution in [0.3, 0.4) is 0 Å². The minimum absolute atomic E-state index is 0.282. The van der Waals surface area contributed by atoms with Gasteiger partial charge in [-0.1, -0.05) is 12.1 Å². The maximum atomic E-state index is 13.0. The Labute approximate surface area is 94.0 Å². The number of rotatable bonds is 3. The van der Waals surface area contributed by atoms with Gasteiger partial charge in [-0.2, -0.15) is 5.10 Å². The van der Waals surface area contributed by atoms with Crippen LogP contribution in [-0.4, -0.2) is 22.6 Å². The summed E-state index contributed by atoms with van der Waals surface area (Å²) in [6.07, 6.45) is 3.03. The number of hydrogen-bond acceptors (Lipinski definition) is 2. The molecule has 0 aliphatic rings. The molecule has 78 valence electrons. The molecular formula is C11H9BFN3. The van der Waals surface area contributed by atoms with Crippen molar-refractivity contribution in [1.82, 2.24) is 14.8 Å². The fourth-order valence-electron chi connectivity index (χ4n) is 1.42. The Kier molecular flexibility index (Phi) is 3.15. The lowest BCUT2D eigenvalue weighted by Gasteiger charge is -2.07. The predicted molar refractivity (Wildman–Crippen MR) is 60.2 cm³/mol. The van der Waals surface area contributed by atoms with Crippen LogP contribution in [0.25, 0.3) is 5.57 Å². The highest BCUT2D eigenvalue weighted by Crippen LogP contribution is 2.16. The summed E-state index contributed by atoms with van der Waals surface area (Å²) in [5, 5.41) is 3.97. The number of hydrogen-bond donors (Lipinski definition) is 0. The molecule has 5 heteroatoms.